The molecule has 1 saturated carbocycles. The summed E-state index contributed by atoms with van der Waals surface area (Å²) in [7, 11) is 0. The van der Waals surface area contributed by atoms with E-state index in [9.17, 15) is 4.79 Å². The molecule has 1 fully saturated rings. The summed E-state index contributed by atoms with van der Waals surface area (Å²) in [5.41, 5.74) is 0. The van der Waals surface area contributed by atoms with Crippen LogP contribution in [0.25, 0.3) is 0 Å². The number of carbonyl (C=O) groups excluding carboxylic acids is 1. The van der Waals surface area contributed by atoms with Crippen LogP contribution in [0, 0.1) is 11.8 Å². The Morgan fingerprint density at radius 1 is 1.14 bits per heavy atom. The van der Waals surface area contributed by atoms with Crippen LogP contribution in [0.3, 0.4) is 0 Å². The van der Waals surface area contributed by atoms with Gasteiger partial charge in [0, 0.05) is 12.5 Å². The second kappa shape index (κ2) is 6.18. The molecule has 0 heterocycles. The Kier molecular flexibility index (Phi) is 5.16. The molecule has 0 aromatic rings. The molecule has 14 heavy (non-hydrogen) atoms. The first-order chi connectivity index (χ1) is 6.80. The Hall–Kier alpha value is -0.370. The zero-order valence-electron chi connectivity index (χ0n) is 9.54. The first kappa shape index (κ1) is 11.7. The van der Waals surface area contributed by atoms with Crippen molar-refractivity contribution in [1.29, 1.82) is 0 Å². The van der Waals surface area contributed by atoms with Gasteiger partial charge < -0.3 is 9.69 Å². The minimum atomic E-state index is 0.364. The third-order valence-corrected chi connectivity index (χ3v) is 3.49. The molecule has 0 bridgehead atoms. The fourth-order valence-electron chi connectivity index (χ4n) is 2.35. The lowest BCUT2D eigenvalue weighted by molar-refractivity contribution is -0.112. The lowest BCUT2D eigenvalue weighted by Crippen LogP contribution is -2.31. The fourth-order valence-corrected chi connectivity index (χ4v) is 2.35. The van der Waals surface area contributed by atoms with Crippen LogP contribution < -0.4 is 0 Å². The Balaban J connectivity index is 2.24. The van der Waals surface area contributed by atoms with E-state index in [1.54, 1.807) is 0 Å². The Morgan fingerprint density at radius 3 is 2.14 bits per heavy atom. The van der Waals surface area contributed by atoms with Gasteiger partial charge in [-0.05, 0) is 44.7 Å². The van der Waals surface area contributed by atoms with Crippen LogP contribution in [-0.4, -0.2) is 30.8 Å². The summed E-state index contributed by atoms with van der Waals surface area (Å²) in [4.78, 5) is 13.1. The summed E-state index contributed by atoms with van der Waals surface area (Å²) >= 11 is 0. The van der Waals surface area contributed by atoms with E-state index in [1.807, 2.05) is 0 Å². The summed E-state index contributed by atoms with van der Waals surface area (Å²) in [5, 5.41) is 0. The van der Waals surface area contributed by atoms with E-state index in [4.69, 9.17) is 0 Å². The minimum absolute atomic E-state index is 0.364. The number of nitrogens with zero attached hydrogens (tertiary/aromatic N) is 1. The summed E-state index contributed by atoms with van der Waals surface area (Å²) in [6, 6.07) is 0. The van der Waals surface area contributed by atoms with Gasteiger partial charge in [0.1, 0.15) is 6.29 Å². The monoisotopic (exact) mass is 197 g/mol. The molecule has 82 valence electrons. The predicted molar refractivity (Wildman–Crippen MR) is 59.3 cm³/mol. The minimum Gasteiger partial charge on any atom is -0.304 e. The smallest absolute Gasteiger partial charge is 0.123 e. The van der Waals surface area contributed by atoms with Gasteiger partial charge in [-0.2, -0.15) is 0 Å². The van der Waals surface area contributed by atoms with Gasteiger partial charge in [0.05, 0.1) is 0 Å². The van der Waals surface area contributed by atoms with Crippen LogP contribution in [0.2, 0.25) is 0 Å². The molecule has 1 rings (SSSR count). The van der Waals surface area contributed by atoms with E-state index in [2.05, 4.69) is 18.7 Å². The van der Waals surface area contributed by atoms with Gasteiger partial charge in [-0.15, -0.1) is 0 Å². The average Bonchev–Trinajstić information content (AvgIpc) is 2.26. The number of rotatable bonds is 5. The Morgan fingerprint density at radius 2 is 1.71 bits per heavy atom. The molecule has 0 radical (unpaired) electrons. The van der Waals surface area contributed by atoms with E-state index < -0.39 is 0 Å². The first-order valence-electron chi connectivity index (χ1n) is 5.97. The highest BCUT2D eigenvalue weighted by molar-refractivity contribution is 5.53. The van der Waals surface area contributed by atoms with Crippen molar-refractivity contribution in [3.8, 4) is 0 Å². The summed E-state index contributed by atoms with van der Waals surface area (Å²) in [6.45, 7) is 7.99. The highest BCUT2D eigenvalue weighted by Gasteiger charge is 2.21. The van der Waals surface area contributed by atoms with Crippen molar-refractivity contribution < 1.29 is 4.79 Å². The zero-order valence-corrected chi connectivity index (χ0v) is 9.54. The molecule has 2 heteroatoms. The van der Waals surface area contributed by atoms with Crippen molar-refractivity contribution in [3.05, 3.63) is 0 Å². The van der Waals surface area contributed by atoms with E-state index in [-0.39, 0.29) is 0 Å². The number of hydrogen-bond acceptors (Lipinski definition) is 2. The summed E-state index contributed by atoms with van der Waals surface area (Å²) in [5.74, 6) is 1.20. The lowest BCUT2D eigenvalue weighted by atomic mass is 9.82. The summed E-state index contributed by atoms with van der Waals surface area (Å²) < 4.78 is 0. The van der Waals surface area contributed by atoms with Crippen LogP contribution >= 0.6 is 0 Å². The van der Waals surface area contributed by atoms with Gasteiger partial charge in [-0.3, -0.25) is 0 Å². The van der Waals surface area contributed by atoms with Crippen molar-refractivity contribution in [2.45, 2.75) is 39.5 Å². The van der Waals surface area contributed by atoms with Crippen molar-refractivity contribution in [2.24, 2.45) is 11.8 Å². The van der Waals surface area contributed by atoms with E-state index in [0.29, 0.717) is 5.92 Å². The van der Waals surface area contributed by atoms with Crippen LogP contribution in [0.4, 0.5) is 0 Å². The maximum atomic E-state index is 10.6. The SMILES string of the molecule is CCN(CC)CC1CCC(C=O)CC1. The molecule has 0 aromatic heterocycles. The fraction of sp³-hybridized carbons (Fsp3) is 0.917. The van der Waals surface area contributed by atoms with Crippen molar-refractivity contribution in [1.82, 2.24) is 4.90 Å². The Bertz CT molecular complexity index is 158. The molecular weight excluding hydrogens is 174 g/mol. The number of carbonyl (C=O) groups is 1. The molecule has 2 nitrogen and oxygen atoms in total. The van der Waals surface area contributed by atoms with Crippen molar-refractivity contribution >= 4 is 6.29 Å². The number of aldehydes is 1. The topological polar surface area (TPSA) is 20.3 Å². The second-order valence-corrected chi connectivity index (χ2v) is 4.40. The second-order valence-electron chi connectivity index (χ2n) is 4.40. The molecule has 0 unspecified atom stereocenters. The van der Waals surface area contributed by atoms with Gasteiger partial charge in [-0.1, -0.05) is 13.8 Å². The molecule has 1 aliphatic rings. The summed E-state index contributed by atoms with van der Waals surface area (Å²) in [6.07, 6.45) is 5.89. The van der Waals surface area contributed by atoms with E-state index in [0.717, 1.165) is 38.1 Å². The molecule has 0 amide bonds. The van der Waals surface area contributed by atoms with Gasteiger partial charge >= 0.3 is 0 Å². The zero-order chi connectivity index (χ0) is 10.4. The normalized spacial score (nSPS) is 27.9. The van der Waals surface area contributed by atoms with Gasteiger partial charge in [0.2, 0.25) is 0 Å². The van der Waals surface area contributed by atoms with Crippen LogP contribution in [0.5, 0.6) is 0 Å². The van der Waals surface area contributed by atoms with Gasteiger partial charge in [0.25, 0.3) is 0 Å². The predicted octanol–water partition coefficient (Wildman–Crippen LogP) is 2.33. The highest BCUT2D eigenvalue weighted by Crippen LogP contribution is 2.27. The maximum Gasteiger partial charge on any atom is 0.123 e. The molecule has 0 aromatic carbocycles. The third kappa shape index (κ3) is 3.41. The number of hydrogen-bond donors (Lipinski definition) is 0. The third-order valence-electron chi connectivity index (χ3n) is 3.49. The molecule has 0 N–H and O–H groups in total. The van der Waals surface area contributed by atoms with Gasteiger partial charge in [0.15, 0.2) is 0 Å². The average molecular weight is 197 g/mol. The van der Waals surface area contributed by atoms with Crippen molar-refractivity contribution in [2.75, 3.05) is 19.6 Å². The molecule has 0 atom stereocenters. The molecule has 0 aliphatic heterocycles. The highest BCUT2D eigenvalue weighted by atomic mass is 16.1. The first-order valence-corrected chi connectivity index (χ1v) is 5.97. The quantitative estimate of drug-likeness (QED) is 0.630. The Labute approximate surface area is 87.7 Å². The molecular formula is C12H23NO. The standard InChI is InChI=1S/C12H23NO/c1-3-13(4-2)9-11-5-7-12(10-14)8-6-11/h10-12H,3-9H2,1-2H3. The molecule has 1 aliphatic carbocycles. The van der Waals surface area contributed by atoms with E-state index >= 15 is 0 Å². The van der Waals surface area contributed by atoms with Crippen LogP contribution in [0.1, 0.15) is 39.5 Å². The maximum absolute atomic E-state index is 10.6. The lowest BCUT2D eigenvalue weighted by Gasteiger charge is -2.30. The largest absolute Gasteiger partial charge is 0.304 e. The van der Waals surface area contributed by atoms with E-state index in [1.165, 1.54) is 19.4 Å². The van der Waals surface area contributed by atoms with Crippen LogP contribution in [-0.2, 0) is 4.79 Å². The molecule has 0 spiro atoms. The van der Waals surface area contributed by atoms with Crippen LogP contribution in [0.15, 0.2) is 0 Å². The molecule has 0 saturated heterocycles. The van der Waals surface area contributed by atoms with Gasteiger partial charge in [-0.25, -0.2) is 0 Å². The van der Waals surface area contributed by atoms with Crippen molar-refractivity contribution in [3.63, 3.8) is 0 Å².